The lowest BCUT2D eigenvalue weighted by Crippen LogP contribution is -2.22. The molecule has 32 heavy (non-hydrogen) atoms. The average Bonchev–Trinajstić information content (AvgIpc) is 2.70. The molecule has 0 fully saturated rings. The first-order valence-corrected chi connectivity index (χ1v) is 10.5. The summed E-state index contributed by atoms with van der Waals surface area (Å²) in [5.74, 6) is 1.98. The SMILES string of the molecule is C=Cc1ccc(OC(=O)Oc2ccc(C=C)c(OC)c2C(C)(C)C)c(C(C)(C)C)c1OC. The van der Waals surface area contributed by atoms with E-state index in [4.69, 9.17) is 18.9 Å². The van der Waals surface area contributed by atoms with E-state index in [1.807, 2.05) is 41.5 Å². The van der Waals surface area contributed by atoms with E-state index in [-0.39, 0.29) is 10.8 Å². The minimum atomic E-state index is -0.845. The largest absolute Gasteiger partial charge is 0.519 e. The Balaban J connectivity index is 2.51. The summed E-state index contributed by atoms with van der Waals surface area (Å²) in [4.78, 5) is 12.9. The molecule has 2 rings (SSSR count). The van der Waals surface area contributed by atoms with Crippen molar-refractivity contribution in [1.82, 2.24) is 0 Å². The van der Waals surface area contributed by atoms with Crippen LogP contribution >= 0.6 is 0 Å². The van der Waals surface area contributed by atoms with Gasteiger partial charge in [0, 0.05) is 22.3 Å². The van der Waals surface area contributed by atoms with Gasteiger partial charge in [0.05, 0.1) is 14.2 Å². The molecule has 0 N–H and O–H groups in total. The van der Waals surface area contributed by atoms with Crippen LogP contribution in [-0.4, -0.2) is 20.4 Å². The topological polar surface area (TPSA) is 54.0 Å². The van der Waals surface area contributed by atoms with Crippen molar-refractivity contribution in [3.8, 4) is 23.0 Å². The Bertz CT molecular complexity index is 938. The quantitative estimate of drug-likeness (QED) is 0.354. The number of methoxy groups -OCH3 is 2. The van der Waals surface area contributed by atoms with Gasteiger partial charge in [-0.3, -0.25) is 0 Å². The van der Waals surface area contributed by atoms with Gasteiger partial charge in [-0.1, -0.05) is 66.9 Å². The molecule has 0 aliphatic rings. The molecule has 0 atom stereocenters. The highest BCUT2D eigenvalue weighted by molar-refractivity contribution is 5.73. The predicted octanol–water partition coefficient (Wildman–Crippen LogP) is 7.16. The van der Waals surface area contributed by atoms with E-state index in [2.05, 4.69) is 13.2 Å². The number of hydrogen-bond acceptors (Lipinski definition) is 5. The molecule has 0 radical (unpaired) electrons. The molecule has 0 bridgehead atoms. The smallest absolute Gasteiger partial charge is 0.496 e. The van der Waals surface area contributed by atoms with Gasteiger partial charge in [0.15, 0.2) is 0 Å². The van der Waals surface area contributed by atoms with Crippen LogP contribution in [0.15, 0.2) is 37.4 Å². The second-order valence-electron chi connectivity index (χ2n) is 9.48. The van der Waals surface area contributed by atoms with E-state index in [0.29, 0.717) is 23.0 Å². The lowest BCUT2D eigenvalue weighted by atomic mass is 9.84. The first-order valence-electron chi connectivity index (χ1n) is 10.5. The Morgan fingerprint density at radius 1 is 0.719 bits per heavy atom. The van der Waals surface area contributed by atoms with Crippen LogP contribution in [0.5, 0.6) is 23.0 Å². The maximum absolute atomic E-state index is 12.9. The maximum Gasteiger partial charge on any atom is 0.519 e. The first-order chi connectivity index (χ1) is 14.9. The van der Waals surface area contributed by atoms with Crippen LogP contribution in [-0.2, 0) is 10.8 Å². The summed E-state index contributed by atoms with van der Waals surface area (Å²) in [6, 6.07) is 7.05. The van der Waals surface area contributed by atoms with E-state index in [1.165, 1.54) is 0 Å². The number of ether oxygens (including phenoxy) is 4. The Morgan fingerprint density at radius 2 is 1.06 bits per heavy atom. The van der Waals surface area contributed by atoms with Gasteiger partial charge in [-0.2, -0.15) is 0 Å². The van der Waals surface area contributed by atoms with E-state index >= 15 is 0 Å². The molecule has 0 aliphatic heterocycles. The molecule has 5 nitrogen and oxygen atoms in total. The van der Waals surface area contributed by atoms with Crippen LogP contribution in [0.4, 0.5) is 4.79 Å². The van der Waals surface area contributed by atoms with Crippen LogP contribution in [0.25, 0.3) is 12.2 Å². The number of hydrogen-bond donors (Lipinski definition) is 0. The fourth-order valence-electron chi connectivity index (χ4n) is 3.71. The van der Waals surface area contributed by atoms with E-state index in [9.17, 15) is 4.79 Å². The Hall–Kier alpha value is -3.21. The minimum absolute atomic E-state index is 0.356. The standard InChI is InChI=1S/C27H34O5/c1-11-17-13-15-19(21(23(17)29-9)26(3,4)5)31-25(28)32-20-16-14-18(12-2)24(30-10)22(20)27(6,7)8/h11-16H,1-2H2,3-10H3. The number of rotatable bonds is 6. The molecule has 2 aromatic carbocycles. The van der Waals surface area contributed by atoms with Gasteiger partial charge in [0.25, 0.3) is 0 Å². The molecule has 0 aliphatic carbocycles. The molecule has 5 heteroatoms. The van der Waals surface area contributed by atoms with Crippen molar-refractivity contribution in [2.75, 3.05) is 14.2 Å². The number of carbonyl (C=O) groups is 1. The van der Waals surface area contributed by atoms with E-state index in [1.54, 1.807) is 50.6 Å². The number of carbonyl (C=O) groups excluding carboxylic acids is 1. The van der Waals surface area contributed by atoms with Crippen molar-refractivity contribution in [3.63, 3.8) is 0 Å². The van der Waals surface area contributed by atoms with Crippen molar-refractivity contribution >= 4 is 18.3 Å². The lowest BCUT2D eigenvalue weighted by molar-refractivity contribution is 0.149. The van der Waals surface area contributed by atoms with Gasteiger partial charge in [0.1, 0.15) is 23.0 Å². The summed E-state index contributed by atoms with van der Waals surface area (Å²) in [6.07, 6.45) is 2.57. The third-order valence-electron chi connectivity index (χ3n) is 5.03. The molecular weight excluding hydrogens is 404 g/mol. The van der Waals surface area contributed by atoms with E-state index in [0.717, 1.165) is 22.3 Å². The molecule has 0 amide bonds. The van der Waals surface area contributed by atoms with Crippen molar-refractivity contribution in [2.24, 2.45) is 0 Å². The highest BCUT2D eigenvalue weighted by Gasteiger charge is 2.30. The second kappa shape index (κ2) is 9.51. The Kier molecular flexibility index (Phi) is 7.45. The van der Waals surface area contributed by atoms with Crippen molar-refractivity contribution in [1.29, 1.82) is 0 Å². The normalized spacial score (nSPS) is 11.5. The average molecular weight is 439 g/mol. The van der Waals surface area contributed by atoms with Crippen LogP contribution in [0.2, 0.25) is 0 Å². The molecular formula is C27H34O5. The Labute approximate surface area is 191 Å². The molecule has 0 spiro atoms. The molecule has 2 aromatic rings. The van der Waals surface area contributed by atoms with Crippen LogP contribution in [0.1, 0.15) is 63.8 Å². The van der Waals surface area contributed by atoms with Crippen LogP contribution in [0.3, 0.4) is 0 Å². The van der Waals surface area contributed by atoms with Crippen molar-refractivity contribution in [3.05, 3.63) is 59.7 Å². The molecule has 0 unspecified atom stereocenters. The zero-order valence-electron chi connectivity index (χ0n) is 20.4. The lowest BCUT2D eigenvalue weighted by Gasteiger charge is -2.27. The third-order valence-corrected chi connectivity index (χ3v) is 5.03. The first kappa shape index (κ1) is 25.1. The van der Waals surface area contributed by atoms with Gasteiger partial charge in [0.2, 0.25) is 0 Å². The highest BCUT2D eigenvalue weighted by atomic mass is 16.7. The highest BCUT2D eigenvalue weighted by Crippen LogP contribution is 2.43. The maximum atomic E-state index is 12.9. The summed E-state index contributed by atoms with van der Waals surface area (Å²) in [7, 11) is 3.17. The molecule has 172 valence electrons. The predicted molar refractivity (Wildman–Crippen MR) is 130 cm³/mol. The summed E-state index contributed by atoms with van der Waals surface area (Å²) in [5, 5.41) is 0. The van der Waals surface area contributed by atoms with Gasteiger partial charge < -0.3 is 18.9 Å². The summed E-state index contributed by atoms with van der Waals surface area (Å²) < 4.78 is 22.6. The molecule has 0 saturated heterocycles. The minimum Gasteiger partial charge on any atom is -0.496 e. The van der Waals surface area contributed by atoms with Gasteiger partial charge in [-0.15, -0.1) is 0 Å². The van der Waals surface area contributed by atoms with Gasteiger partial charge in [-0.25, -0.2) is 4.79 Å². The van der Waals surface area contributed by atoms with Crippen LogP contribution in [0, 0.1) is 0 Å². The fourth-order valence-corrected chi connectivity index (χ4v) is 3.71. The number of benzene rings is 2. The van der Waals surface area contributed by atoms with Gasteiger partial charge >= 0.3 is 6.16 Å². The molecule has 0 heterocycles. The van der Waals surface area contributed by atoms with Crippen molar-refractivity contribution in [2.45, 2.75) is 52.4 Å². The fraction of sp³-hybridized carbons (Fsp3) is 0.370. The summed E-state index contributed by atoms with van der Waals surface area (Å²) in [5.41, 5.74) is 2.43. The third kappa shape index (κ3) is 5.16. The van der Waals surface area contributed by atoms with E-state index < -0.39 is 6.16 Å². The zero-order valence-corrected chi connectivity index (χ0v) is 20.4. The molecule has 0 aromatic heterocycles. The summed E-state index contributed by atoms with van der Waals surface area (Å²) >= 11 is 0. The van der Waals surface area contributed by atoms with Crippen molar-refractivity contribution < 1.29 is 23.7 Å². The monoisotopic (exact) mass is 438 g/mol. The van der Waals surface area contributed by atoms with Gasteiger partial charge in [-0.05, 0) is 35.1 Å². The molecule has 0 saturated carbocycles. The zero-order chi connectivity index (χ0) is 24.3. The Morgan fingerprint density at radius 3 is 1.31 bits per heavy atom. The van der Waals surface area contributed by atoms with Crippen LogP contribution < -0.4 is 18.9 Å². The second-order valence-corrected chi connectivity index (χ2v) is 9.48. The summed E-state index contributed by atoms with van der Waals surface area (Å²) in [6.45, 7) is 19.8.